The van der Waals surface area contributed by atoms with Crippen molar-refractivity contribution < 1.29 is 9.90 Å². The van der Waals surface area contributed by atoms with Crippen molar-refractivity contribution in [3.63, 3.8) is 0 Å². The summed E-state index contributed by atoms with van der Waals surface area (Å²) >= 11 is 7.68. The first kappa shape index (κ1) is 10.1. The first-order chi connectivity index (χ1) is 6.52. The van der Waals surface area contributed by atoms with Crippen LogP contribution in [0.2, 0.25) is 0 Å². The molecule has 5 heteroatoms. The van der Waals surface area contributed by atoms with E-state index in [-0.39, 0.29) is 11.5 Å². The molecule has 0 radical (unpaired) electrons. The number of allylic oxidation sites excluding steroid dienone is 1. The Hall–Kier alpha value is -0.460. The Morgan fingerprint density at radius 1 is 1.57 bits per heavy atom. The molecular weight excluding hydrogens is 316 g/mol. The highest BCUT2D eigenvalue weighted by Crippen LogP contribution is 2.37. The number of ketones is 1. The van der Waals surface area contributed by atoms with Crippen molar-refractivity contribution in [1.82, 2.24) is 4.98 Å². The average molecular weight is 322 g/mol. The van der Waals surface area contributed by atoms with Crippen molar-refractivity contribution in [3.05, 3.63) is 39.2 Å². The van der Waals surface area contributed by atoms with Gasteiger partial charge in [-0.25, -0.2) is 0 Å². The summed E-state index contributed by atoms with van der Waals surface area (Å²) in [6.07, 6.45) is 2.82. The number of aliphatic hydroxyl groups is 1. The lowest BCUT2D eigenvalue weighted by Gasteiger charge is -2.23. The van der Waals surface area contributed by atoms with Gasteiger partial charge in [-0.1, -0.05) is 17.7 Å². The molecule has 0 aromatic carbocycles. The van der Waals surface area contributed by atoms with E-state index in [1.807, 2.05) is 22.6 Å². The quantitative estimate of drug-likeness (QED) is 0.587. The largest absolute Gasteiger partial charge is 0.368 e. The SMILES string of the molecule is O=C1C(I)=CC(O)(Cl)c2cccnc21. The average Bonchev–Trinajstić information content (AvgIpc) is 2.14. The van der Waals surface area contributed by atoms with Crippen LogP contribution in [0, 0.1) is 0 Å². The van der Waals surface area contributed by atoms with Gasteiger partial charge in [-0.3, -0.25) is 9.78 Å². The number of aromatic nitrogens is 1. The van der Waals surface area contributed by atoms with Crippen LogP contribution in [0.3, 0.4) is 0 Å². The number of fused-ring (bicyclic) bond motifs is 1. The second-order valence-electron chi connectivity index (χ2n) is 2.89. The van der Waals surface area contributed by atoms with Gasteiger partial charge in [-0.05, 0) is 34.7 Å². The Bertz CT molecular complexity index is 442. The van der Waals surface area contributed by atoms with Gasteiger partial charge < -0.3 is 5.11 Å². The fourth-order valence-electron chi connectivity index (χ4n) is 1.29. The van der Waals surface area contributed by atoms with Crippen LogP contribution in [0.4, 0.5) is 0 Å². The molecule has 1 atom stereocenters. The smallest absolute Gasteiger partial charge is 0.217 e. The van der Waals surface area contributed by atoms with Gasteiger partial charge in [-0.2, -0.15) is 0 Å². The standard InChI is InChI=1S/C9H5ClINO2/c10-9(14)4-6(11)8(13)7-5(9)2-1-3-12-7/h1-4,14H. The first-order valence-corrected chi connectivity index (χ1v) is 5.28. The van der Waals surface area contributed by atoms with Gasteiger partial charge in [0.1, 0.15) is 5.69 Å². The number of halogens is 2. The number of alkyl halides is 1. The number of Topliss-reactive ketones (excluding diaryl/α,β-unsaturated/α-hetero) is 1. The predicted octanol–water partition coefficient (Wildman–Crippen LogP) is 1.98. The van der Waals surface area contributed by atoms with Gasteiger partial charge in [0.15, 0.2) is 5.06 Å². The Kier molecular flexibility index (Phi) is 2.36. The fraction of sp³-hybridized carbons (Fsp3) is 0.111. The van der Waals surface area contributed by atoms with Crippen LogP contribution in [0.25, 0.3) is 0 Å². The zero-order chi connectivity index (χ0) is 10.3. The summed E-state index contributed by atoms with van der Waals surface area (Å²) in [5.74, 6) is -0.202. The Labute approximate surface area is 98.9 Å². The van der Waals surface area contributed by atoms with Crippen LogP contribution in [-0.2, 0) is 5.06 Å². The summed E-state index contributed by atoms with van der Waals surface area (Å²) in [5, 5.41) is 8.19. The third-order valence-corrected chi connectivity index (χ3v) is 3.05. The molecule has 0 amide bonds. The molecule has 1 aromatic heterocycles. The van der Waals surface area contributed by atoms with Gasteiger partial charge in [0.25, 0.3) is 0 Å². The lowest BCUT2D eigenvalue weighted by molar-refractivity contribution is 0.101. The summed E-state index contributed by atoms with van der Waals surface area (Å²) in [6, 6.07) is 3.22. The van der Waals surface area contributed by atoms with Crippen molar-refractivity contribution in [3.8, 4) is 0 Å². The molecule has 1 heterocycles. The number of rotatable bonds is 0. The number of hydrogen-bond acceptors (Lipinski definition) is 3. The van der Waals surface area contributed by atoms with Gasteiger partial charge in [-0.15, -0.1) is 0 Å². The monoisotopic (exact) mass is 321 g/mol. The van der Waals surface area contributed by atoms with E-state index in [2.05, 4.69) is 4.98 Å². The van der Waals surface area contributed by atoms with E-state index in [4.69, 9.17) is 11.6 Å². The third-order valence-electron chi connectivity index (χ3n) is 1.94. The van der Waals surface area contributed by atoms with E-state index in [0.717, 1.165) is 0 Å². The van der Waals surface area contributed by atoms with E-state index in [9.17, 15) is 9.90 Å². The molecule has 1 unspecified atom stereocenters. The van der Waals surface area contributed by atoms with E-state index in [1.54, 1.807) is 12.1 Å². The van der Waals surface area contributed by atoms with Crippen molar-refractivity contribution >= 4 is 40.0 Å². The third kappa shape index (κ3) is 1.47. The lowest BCUT2D eigenvalue weighted by atomic mass is 9.98. The van der Waals surface area contributed by atoms with Crippen molar-refractivity contribution in [2.45, 2.75) is 5.06 Å². The molecule has 0 aliphatic heterocycles. The number of nitrogens with zero attached hydrogens (tertiary/aromatic N) is 1. The molecule has 14 heavy (non-hydrogen) atoms. The molecule has 1 aliphatic rings. The van der Waals surface area contributed by atoms with Crippen LogP contribution >= 0.6 is 34.2 Å². The number of hydrogen-bond donors (Lipinski definition) is 1. The molecule has 2 rings (SSSR count). The highest BCUT2D eigenvalue weighted by molar-refractivity contribution is 14.1. The van der Waals surface area contributed by atoms with E-state index >= 15 is 0 Å². The van der Waals surface area contributed by atoms with Gasteiger partial charge in [0, 0.05) is 11.8 Å². The molecule has 1 aromatic rings. The first-order valence-electron chi connectivity index (χ1n) is 3.82. The van der Waals surface area contributed by atoms with E-state index in [0.29, 0.717) is 9.14 Å². The van der Waals surface area contributed by atoms with Gasteiger partial charge >= 0.3 is 0 Å². The second kappa shape index (κ2) is 3.29. The number of carbonyl (C=O) groups is 1. The normalized spacial score (nSPS) is 25.6. The topological polar surface area (TPSA) is 50.2 Å². The summed E-state index contributed by atoms with van der Waals surface area (Å²) in [5.41, 5.74) is 0.559. The summed E-state index contributed by atoms with van der Waals surface area (Å²) in [7, 11) is 0. The highest BCUT2D eigenvalue weighted by Gasteiger charge is 2.35. The molecule has 1 aliphatic carbocycles. The van der Waals surface area contributed by atoms with E-state index < -0.39 is 5.06 Å². The molecule has 0 bridgehead atoms. The molecule has 0 spiro atoms. The second-order valence-corrected chi connectivity index (χ2v) is 4.63. The molecular formula is C9H5ClINO2. The van der Waals surface area contributed by atoms with Crippen LogP contribution in [0.5, 0.6) is 0 Å². The maximum absolute atomic E-state index is 11.6. The molecule has 0 fully saturated rings. The minimum Gasteiger partial charge on any atom is -0.368 e. The number of carbonyl (C=O) groups excluding carboxylic acids is 1. The summed E-state index contributed by atoms with van der Waals surface area (Å²) < 4.78 is 0.381. The van der Waals surface area contributed by atoms with Crippen LogP contribution in [0.1, 0.15) is 16.1 Å². The highest BCUT2D eigenvalue weighted by atomic mass is 127. The Morgan fingerprint density at radius 3 is 3.00 bits per heavy atom. The van der Waals surface area contributed by atoms with Crippen molar-refractivity contribution in [2.24, 2.45) is 0 Å². The van der Waals surface area contributed by atoms with Crippen LogP contribution in [0.15, 0.2) is 28.0 Å². The minimum absolute atomic E-state index is 0.202. The van der Waals surface area contributed by atoms with Gasteiger partial charge in [0.05, 0.1) is 3.58 Å². The van der Waals surface area contributed by atoms with Crippen molar-refractivity contribution in [2.75, 3.05) is 0 Å². The van der Waals surface area contributed by atoms with Crippen LogP contribution < -0.4 is 0 Å². The predicted molar refractivity (Wildman–Crippen MR) is 60.4 cm³/mol. The fourth-order valence-corrected chi connectivity index (χ4v) is 2.45. The number of pyridine rings is 1. The molecule has 1 N–H and O–H groups in total. The maximum atomic E-state index is 11.6. The summed E-state index contributed by atoms with van der Waals surface area (Å²) in [4.78, 5) is 15.5. The molecule has 3 nitrogen and oxygen atoms in total. The zero-order valence-corrected chi connectivity index (χ0v) is 9.78. The van der Waals surface area contributed by atoms with Crippen molar-refractivity contribution in [1.29, 1.82) is 0 Å². The molecule has 72 valence electrons. The lowest BCUT2D eigenvalue weighted by Crippen LogP contribution is -2.25. The summed E-state index contributed by atoms with van der Waals surface area (Å²) in [6.45, 7) is 0. The van der Waals surface area contributed by atoms with Gasteiger partial charge in [0.2, 0.25) is 5.78 Å². The maximum Gasteiger partial charge on any atom is 0.217 e. The van der Waals surface area contributed by atoms with E-state index in [1.165, 1.54) is 12.3 Å². The molecule has 0 saturated heterocycles. The minimum atomic E-state index is -1.62. The zero-order valence-electron chi connectivity index (χ0n) is 6.87. The Balaban J connectivity index is 2.71. The Morgan fingerprint density at radius 2 is 2.29 bits per heavy atom. The molecule has 0 saturated carbocycles. The van der Waals surface area contributed by atoms with Crippen LogP contribution in [-0.4, -0.2) is 15.9 Å².